The number of nitrogens with one attached hydrogen (secondary N) is 1. The number of aromatic nitrogens is 2. The normalized spacial score (nSPS) is 10.9. The summed E-state index contributed by atoms with van der Waals surface area (Å²) in [6, 6.07) is 14.8. The Labute approximate surface area is 173 Å². The maximum Gasteiger partial charge on any atom is 0.271 e. The van der Waals surface area contributed by atoms with E-state index in [9.17, 15) is 4.79 Å². The average molecular weight is 413 g/mol. The van der Waals surface area contributed by atoms with Crippen molar-refractivity contribution < 1.29 is 14.3 Å². The number of aryl methyl sites for hydroxylation is 1. The number of hydrogen-bond donors (Lipinski definition) is 1. The first-order chi connectivity index (χ1) is 14.0. The van der Waals surface area contributed by atoms with Gasteiger partial charge in [0, 0.05) is 5.56 Å². The van der Waals surface area contributed by atoms with Crippen molar-refractivity contribution >= 4 is 23.7 Å². The fourth-order valence-electron chi connectivity index (χ4n) is 2.77. The number of nitrogens with zero attached hydrogens (tertiary/aromatic N) is 3. The molecule has 150 valence electrons. The van der Waals surface area contributed by atoms with Gasteiger partial charge in [-0.25, -0.2) is 10.1 Å². The highest BCUT2D eigenvalue weighted by Crippen LogP contribution is 2.27. The van der Waals surface area contributed by atoms with Crippen LogP contribution in [0.2, 0.25) is 5.15 Å². The van der Waals surface area contributed by atoms with Crippen molar-refractivity contribution in [1.82, 2.24) is 15.2 Å². The quantitative estimate of drug-likeness (QED) is 0.474. The molecule has 3 aromatic rings. The smallest absolute Gasteiger partial charge is 0.271 e. The van der Waals surface area contributed by atoms with E-state index in [2.05, 4.69) is 15.6 Å². The van der Waals surface area contributed by atoms with Gasteiger partial charge >= 0.3 is 0 Å². The zero-order chi connectivity index (χ0) is 20.8. The number of amides is 1. The van der Waals surface area contributed by atoms with Crippen molar-refractivity contribution in [3.05, 3.63) is 76.1 Å². The fraction of sp³-hybridized carbons (Fsp3) is 0.190. The van der Waals surface area contributed by atoms with E-state index in [0.717, 1.165) is 11.3 Å². The number of hydrogen-bond acceptors (Lipinski definition) is 5. The highest BCUT2D eigenvalue weighted by atomic mass is 35.5. The minimum atomic E-state index is -0.382. The zero-order valence-electron chi connectivity index (χ0n) is 16.3. The molecule has 0 fully saturated rings. The Kier molecular flexibility index (Phi) is 6.51. The third-order valence-electron chi connectivity index (χ3n) is 4.29. The summed E-state index contributed by atoms with van der Waals surface area (Å²) in [7, 11) is 3.04. The Morgan fingerprint density at radius 1 is 1.17 bits per heavy atom. The molecule has 0 aliphatic heterocycles. The molecule has 3 rings (SSSR count). The van der Waals surface area contributed by atoms with E-state index < -0.39 is 0 Å². The molecule has 0 spiro atoms. The lowest BCUT2D eigenvalue weighted by Gasteiger charge is -2.08. The minimum absolute atomic E-state index is 0.382. The van der Waals surface area contributed by atoms with E-state index in [0.29, 0.717) is 34.3 Å². The summed E-state index contributed by atoms with van der Waals surface area (Å²) in [5.41, 5.74) is 5.33. The Morgan fingerprint density at radius 2 is 1.90 bits per heavy atom. The van der Waals surface area contributed by atoms with Gasteiger partial charge in [-0.1, -0.05) is 41.9 Å². The molecule has 0 aliphatic rings. The lowest BCUT2D eigenvalue weighted by molar-refractivity contribution is 0.0954. The van der Waals surface area contributed by atoms with E-state index >= 15 is 0 Å². The molecule has 1 amide bonds. The van der Waals surface area contributed by atoms with Crippen LogP contribution in [0.25, 0.3) is 0 Å². The molecule has 0 saturated carbocycles. The molecule has 1 aromatic heterocycles. The van der Waals surface area contributed by atoms with Gasteiger partial charge in [-0.2, -0.15) is 10.2 Å². The van der Waals surface area contributed by atoms with Gasteiger partial charge in [-0.05, 0) is 30.7 Å². The molecule has 8 heteroatoms. The number of carbonyl (C=O) groups excluding carboxylic acids is 1. The van der Waals surface area contributed by atoms with Crippen molar-refractivity contribution in [2.75, 3.05) is 14.2 Å². The van der Waals surface area contributed by atoms with Crippen LogP contribution in [-0.4, -0.2) is 36.1 Å². The molecule has 0 atom stereocenters. The number of carbonyl (C=O) groups is 1. The maximum absolute atomic E-state index is 12.3. The summed E-state index contributed by atoms with van der Waals surface area (Å²) in [5.74, 6) is 0.624. The van der Waals surface area contributed by atoms with Gasteiger partial charge in [0.15, 0.2) is 11.5 Å². The summed E-state index contributed by atoms with van der Waals surface area (Å²) in [4.78, 5) is 12.3. The molecular formula is C21H21ClN4O3. The van der Waals surface area contributed by atoms with Gasteiger partial charge in [0.25, 0.3) is 5.91 Å². The molecule has 1 heterocycles. The summed E-state index contributed by atoms with van der Waals surface area (Å²) in [6.45, 7) is 2.39. The standard InChI is InChI=1S/C21H21ClN4O3/c1-14-17(20(22)26(25-14)13-15-7-5-4-6-8-15)12-23-24-21(27)16-9-10-18(28-2)19(11-16)29-3/h4-12H,13H2,1-3H3,(H,24,27). The number of methoxy groups -OCH3 is 2. The van der Waals surface area contributed by atoms with Crippen LogP contribution < -0.4 is 14.9 Å². The van der Waals surface area contributed by atoms with Crippen molar-refractivity contribution in [3.8, 4) is 11.5 Å². The monoisotopic (exact) mass is 412 g/mol. The Morgan fingerprint density at radius 3 is 2.59 bits per heavy atom. The zero-order valence-corrected chi connectivity index (χ0v) is 17.1. The van der Waals surface area contributed by atoms with E-state index in [4.69, 9.17) is 21.1 Å². The van der Waals surface area contributed by atoms with Crippen molar-refractivity contribution in [1.29, 1.82) is 0 Å². The van der Waals surface area contributed by atoms with Gasteiger partial charge in [0.1, 0.15) is 5.15 Å². The lowest BCUT2D eigenvalue weighted by Crippen LogP contribution is -2.17. The Bertz CT molecular complexity index is 1030. The van der Waals surface area contributed by atoms with Crippen LogP contribution in [0.4, 0.5) is 0 Å². The average Bonchev–Trinajstić information content (AvgIpc) is 3.01. The second-order valence-corrected chi connectivity index (χ2v) is 6.56. The van der Waals surface area contributed by atoms with E-state index in [1.165, 1.54) is 20.4 Å². The van der Waals surface area contributed by atoms with Crippen LogP contribution in [-0.2, 0) is 6.54 Å². The molecule has 2 aromatic carbocycles. The highest BCUT2D eigenvalue weighted by Gasteiger charge is 2.13. The van der Waals surface area contributed by atoms with Crippen LogP contribution >= 0.6 is 11.6 Å². The van der Waals surface area contributed by atoms with Crippen LogP contribution in [0.15, 0.2) is 53.6 Å². The number of ether oxygens (including phenoxy) is 2. The predicted molar refractivity (Wildman–Crippen MR) is 112 cm³/mol. The third-order valence-corrected chi connectivity index (χ3v) is 4.69. The van der Waals surface area contributed by atoms with Gasteiger partial charge < -0.3 is 9.47 Å². The van der Waals surface area contributed by atoms with Crippen LogP contribution in [0.1, 0.15) is 27.2 Å². The van der Waals surface area contributed by atoms with Gasteiger partial charge in [0.2, 0.25) is 0 Å². The molecular weight excluding hydrogens is 392 g/mol. The van der Waals surface area contributed by atoms with Crippen LogP contribution in [0.3, 0.4) is 0 Å². The van der Waals surface area contributed by atoms with Crippen LogP contribution in [0, 0.1) is 6.92 Å². The Balaban J connectivity index is 1.71. The summed E-state index contributed by atoms with van der Waals surface area (Å²) < 4.78 is 12.1. The largest absolute Gasteiger partial charge is 0.493 e. The molecule has 0 unspecified atom stereocenters. The Hall–Kier alpha value is -3.32. The van der Waals surface area contributed by atoms with Gasteiger partial charge in [-0.3, -0.25) is 4.79 Å². The molecule has 0 radical (unpaired) electrons. The first-order valence-corrected chi connectivity index (χ1v) is 9.23. The summed E-state index contributed by atoms with van der Waals surface area (Å²) >= 11 is 6.45. The molecule has 0 aliphatic carbocycles. The maximum atomic E-state index is 12.3. The predicted octanol–water partition coefficient (Wildman–Crippen LogP) is 3.67. The van der Waals surface area contributed by atoms with Crippen molar-refractivity contribution in [2.45, 2.75) is 13.5 Å². The minimum Gasteiger partial charge on any atom is -0.493 e. The summed E-state index contributed by atoms with van der Waals surface area (Å²) in [5, 5.41) is 8.93. The van der Waals surface area contributed by atoms with E-state index in [-0.39, 0.29) is 5.91 Å². The number of halogens is 1. The third kappa shape index (κ3) is 4.75. The van der Waals surface area contributed by atoms with Crippen molar-refractivity contribution in [3.63, 3.8) is 0 Å². The second kappa shape index (κ2) is 9.25. The van der Waals surface area contributed by atoms with Crippen molar-refractivity contribution in [2.24, 2.45) is 5.10 Å². The fourth-order valence-corrected chi connectivity index (χ4v) is 3.06. The number of hydrazone groups is 1. The highest BCUT2D eigenvalue weighted by molar-refractivity contribution is 6.32. The SMILES string of the molecule is COc1ccc(C(=O)NN=Cc2c(C)nn(Cc3ccccc3)c2Cl)cc1OC. The number of benzene rings is 2. The van der Waals surface area contributed by atoms with Gasteiger partial charge in [0.05, 0.1) is 38.2 Å². The van der Waals surface area contributed by atoms with E-state index in [1.807, 2.05) is 37.3 Å². The topological polar surface area (TPSA) is 77.7 Å². The lowest BCUT2D eigenvalue weighted by atomic mass is 10.2. The molecule has 1 N–H and O–H groups in total. The van der Waals surface area contributed by atoms with Crippen LogP contribution in [0.5, 0.6) is 11.5 Å². The first-order valence-electron chi connectivity index (χ1n) is 8.85. The second-order valence-electron chi connectivity index (χ2n) is 6.20. The van der Waals surface area contributed by atoms with Gasteiger partial charge in [-0.15, -0.1) is 0 Å². The molecule has 0 bridgehead atoms. The van der Waals surface area contributed by atoms with E-state index in [1.54, 1.807) is 22.9 Å². The molecule has 7 nitrogen and oxygen atoms in total. The number of rotatable bonds is 7. The molecule has 0 saturated heterocycles. The summed E-state index contributed by atoms with van der Waals surface area (Å²) in [6.07, 6.45) is 1.49. The molecule has 29 heavy (non-hydrogen) atoms. The first kappa shape index (κ1) is 20.4.